The molecule has 13 heteroatoms. The van der Waals surface area contributed by atoms with E-state index in [2.05, 4.69) is 10.2 Å². The zero-order chi connectivity index (χ0) is 25.5. The minimum atomic E-state index is -4.80. The molecule has 0 amide bonds. The molecular weight excluding hydrogens is 512 g/mol. The summed E-state index contributed by atoms with van der Waals surface area (Å²) in [6.07, 6.45) is 0. The van der Waals surface area contributed by atoms with Gasteiger partial charge in [0.2, 0.25) is 0 Å². The predicted molar refractivity (Wildman–Crippen MR) is 131 cm³/mol. The van der Waals surface area contributed by atoms with E-state index in [-0.39, 0.29) is 32.0 Å². The van der Waals surface area contributed by atoms with Crippen LogP contribution >= 0.6 is 11.3 Å². The van der Waals surface area contributed by atoms with Crippen molar-refractivity contribution in [2.75, 3.05) is 5.73 Å². The van der Waals surface area contributed by atoms with Crippen molar-refractivity contribution < 1.29 is 25.9 Å². The van der Waals surface area contributed by atoms with Gasteiger partial charge in [-0.3, -0.25) is 9.11 Å². The number of azo groups is 1. The van der Waals surface area contributed by atoms with Crippen molar-refractivity contribution in [3.8, 4) is 17.2 Å². The van der Waals surface area contributed by atoms with Gasteiger partial charge in [-0.25, -0.2) is 0 Å². The lowest BCUT2D eigenvalue weighted by molar-refractivity contribution is 0.481. The highest BCUT2D eigenvalue weighted by Gasteiger charge is 2.22. The van der Waals surface area contributed by atoms with Crippen LogP contribution < -0.4 is 5.73 Å². The number of hydrogen-bond donors (Lipinski definition) is 3. The molecule has 0 unspecified atom stereocenters. The van der Waals surface area contributed by atoms with E-state index in [0.717, 1.165) is 29.0 Å². The Morgan fingerprint density at radius 2 is 1.57 bits per heavy atom. The van der Waals surface area contributed by atoms with Gasteiger partial charge in [0.1, 0.15) is 25.9 Å². The Kier molecular flexibility index (Phi) is 6.18. The van der Waals surface area contributed by atoms with Crippen molar-refractivity contribution in [2.45, 2.75) is 16.7 Å². The number of hydrogen-bond acceptors (Lipinski definition) is 9. The Morgan fingerprint density at radius 3 is 2.17 bits per heavy atom. The van der Waals surface area contributed by atoms with Crippen LogP contribution in [0, 0.1) is 18.3 Å². The highest BCUT2D eigenvalue weighted by Crippen LogP contribution is 2.45. The second-order valence-corrected chi connectivity index (χ2v) is 11.3. The number of nitrogens with zero attached hydrogens (tertiary/aromatic N) is 3. The molecule has 0 radical (unpaired) electrons. The molecule has 0 atom stereocenters. The van der Waals surface area contributed by atoms with Crippen LogP contribution in [0.4, 0.5) is 15.7 Å². The molecule has 0 spiro atoms. The molecule has 10 nitrogen and oxygen atoms in total. The number of thiophene rings is 1. The van der Waals surface area contributed by atoms with E-state index in [0.29, 0.717) is 11.1 Å². The molecule has 0 saturated heterocycles. The number of nitrogen functional groups attached to an aromatic ring is 1. The lowest BCUT2D eigenvalue weighted by Gasteiger charge is -2.08. The first kappa shape index (κ1) is 24.5. The molecule has 0 bridgehead atoms. The molecule has 0 saturated carbocycles. The second-order valence-electron chi connectivity index (χ2n) is 7.44. The van der Waals surface area contributed by atoms with Crippen LogP contribution in [0.5, 0.6) is 0 Å². The molecule has 35 heavy (non-hydrogen) atoms. The van der Waals surface area contributed by atoms with Gasteiger partial charge < -0.3 is 5.73 Å². The van der Waals surface area contributed by atoms with Crippen LogP contribution in [0.15, 0.2) is 74.6 Å². The predicted octanol–water partition coefficient (Wildman–Crippen LogP) is 5.24. The number of fused-ring (bicyclic) bond motifs is 1. The fraction of sp³-hybridized carbons (Fsp3) is 0.0455. The lowest BCUT2D eigenvalue weighted by atomic mass is 10.0. The Balaban J connectivity index is 1.94. The minimum Gasteiger partial charge on any atom is -0.389 e. The third-order valence-electron chi connectivity index (χ3n) is 5.08. The number of aryl methyl sites for hydroxylation is 1. The maximum absolute atomic E-state index is 12.0. The average molecular weight is 529 g/mol. The van der Waals surface area contributed by atoms with E-state index < -0.39 is 30.0 Å². The van der Waals surface area contributed by atoms with Crippen LogP contribution in [0.1, 0.15) is 11.1 Å². The highest BCUT2D eigenvalue weighted by molar-refractivity contribution is 7.86. The average Bonchev–Trinajstić information content (AvgIpc) is 3.11. The normalized spacial score (nSPS) is 12.3. The van der Waals surface area contributed by atoms with E-state index in [1.807, 2.05) is 25.1 Å². The molecule has 0 fully saturated rings. The standard InChI is InChI=1S/C22H16N4O6S3/c1-12-5-7-13(8-6-12)20-17(11-23)21(24)33-22(20)26-25-14-9-16-15(19(10-14)35(30,31)32)3-2-4-18(16)34(27,28)29/h2-10H,24H2,1H3,(H,27,28,29)(H,30,31,32)/b26-25+. The van der Waals surface area contributed by atoms with Crippen molar-refractivity contribution in [3.05, 3.63) is 65.7 Å². The molecule has 1 aromatic heterocycles. The molecular formula is C22H16N4O6S3. The summed E-state index contributed by atoms with van der Waals surface area (Å²) in [4.78, 5) is -1.18. The summed E-state index contributed by atoms with van der Waals surface area (Å²) in [5.74, 6) is 0. The zero-order valence-corrected chi connectivity index (χ0v) is 20.3. The van der Waals surface area contributed by atoms with E-state index in [1.54, 1.807) is 12.1 Å². The quantitative estimate of drug-likeness (QED) is 0.232. The van der Waals surface area contributed by atoms with E-state index >= 15 is 0 Å². The first-order valence-electron chi connectivity index (χ1n) is 9.73. The van der Waals surface area contributed by atoms with E-state index in [1.165, 1.54) is 18.2 Å². The summed E-state index contributed by atoms with van der Waals surface area (Å²) < 4.78 is 67.0. The van der Waals surface area contributed by atoms with Crippen molar-refractivity contribution in [2.24, 2.45) is 10.2 Å². The summed E-state index contributed by atoms with van der Waals surface area (Å²) >= 11 is 0.996. The van der Waals surface area contributed by atoms with Crippen molar-refractivity contribution in [1.82, 2.24) is 0 Å². The number of anilines is 1. The van der Waals surface area contributed by atoms with Crippen LogP contribution in [0.3, 0.4) is 0 Å². The fourth-order valence-electron chi connectivity index (χ4n) is 3.51. The summed E-state index contributed by atoms with van der Waals surface area (Å²) in [7, 11) is -9.52. The van der Waals surface area contributed by atoms with E-state index in [9.17, 15) is 31.2 Å². The summed E-state index contributed by atoms with van der Waals surface area (Å²) in [6, 6.07) is 15.2. The van der Waals surface area contributed by atoms with Crippen LogP contribution in [0.25, 0.3) is 21.9 Å². The number of nitriles is 1. The van der Waals surface area contributed by atoms with Gasteiger partial charge in [0.05, 0.1) is 11.3 Å². The SMILES string of the molecule is Cc1ccc(-c2c(/N=N/c3cc(S(=O)(=O)O)c4cccc(S(=O)(=O)O)c4c3)sc(N)c2C#N)cc1. The third-order valence-corrected chi connectivity index (χ3v) is 7.79. The molecule has 4 aromatic rings. The maximum Gasteiger partial charge on any atom is 0.295 e. The third kappa shape index (κ3) is 4.78. The van der Waals surface area contributed by atoms with Crippen molar-refractivity contribution >= 4 is 58.0 Å². The minimum absolute atomic E-state index is 0.124. The molecule has 178 valence electrons. The maximum atomic E-state index is 12.0. The molecule has 0 aliphatic carbocycles. The lowest BCUT2D eigenvalue weighted by Crippen LogP contribution is -2.03. The molecule has 1 heterocycles. The summed E-state index contributed by atoms with van der Waals surface area (Å²) in [5, 5.41) is 17.9. The van der Waals surface area contributed by atoms with Gasteiger partial charge in [0, 0.05) is 16.3 Å². The molecule has 4 rings (SSSR count). The van der Waals surface area contributed by atoms with Gasteiger partial charge >= 0.3 is 0 Å². The van der Waals surface area contributed by atoms with Crippen LogP contribution in [-0.2, 0) is 20.2 Å². The highest BCUT2D eigenvalue weighted by atomic mass is 32.2. The van der Waals surface area contributed by atoms with E-state index in [4.69, 9.17) is 5.73 Å². The molecule has 0 aliphatic heterocycles. The van der Waals surface area contributed by atoms with Gasteiger partial charge in [-0.15, -0.1) is 10.2 Å². The Hall–Kier alpha value is -3.67. The van der Waals surface area contributed by atoms with Crippen LogP contribution in [0.2, 0.25) is 0 Å². The number of nitrogens with two attached hydrogens (primary N) is 1. The zero-order valence-electron chi connectivity index (χ0n) is 17.9. The molecule has 0 aliphatic rings. The summed E-state index contributed by atoms with van der Waals surface area (Å²) in [5.41, 5.74) is 8.19. The Bertz CT molecular complexity index is 1770. The van der Waals surface area contributed by atoms with Crippen LogP contribution in [-0.4, -0.2) is 25.9 Å². The largest absolute Gasteiger partial charge is 0.389 e. The monoisotopic (exact) mass is 528 g/mol. The number of rotatable bonds is 5. The van der Waals surface area contributed by atoms with Crippen molar-refractivity contribution in [1.29, 1.82) is 5.26 Å². The Morgan fingerprint density at radius 1 is 0.914 bits per heavy atom. The fourth-order valence-corrected chi connectivity index (χ4v) is 5.80. The summed E-state index contributed by atoms with van der Waals surface area (Å²) in [6.45, 7) is 1.91. The van der Waals surface area contributed by atoms with Crippen molar-refractivity contribution in [3.63, 3.8) is 0 Å². The van der Waals surface area contributed by atoms with Gasteiger partial charge in [0.25, 0.3) is 20.2 Å². The number of benzene rings is 3. The molecule has 3 aromatic carbocycles. The Labute approximate surface area is 204 Å². The first-order valence-corrected chi connectivity index (χ1v) is 13.4. The van der Waals surface area contributed by atoms with Gasteiger partial charge in [-0.1, -0.05) is 53.3 Å². The first-order chi connectivity index (χ1) is 16.4. The smallest absolute Gasteiger partial charge is 0.295 e. The van der Waals surface area contributed by atoms with Gasteiger partial charge in [0.15, 0.2) is 0 Å². The van der Waals surface area contributed by atoms with Gasteiger partial charge in [-0.2, -0.15) is 22.1 Å². The van der Waals surface area contributed by atoms with Gasteiger partial charge in [-0.05, 0) is 30.7 Å². The topological polar surface area (TPSA) is 183 Å². The second kappa shape index (κ2) is 8.84. The molecule has 4 N–H and O–H groups in total.